The van der Waals surface area contributed by atoms with Gasteiger partial charge in [-0.25, -0.2) is 0 Å². The number of rotatable bonds is 1. The fourth-order valence-corrected chi connectivity index (χ4v) is 1.58. The van der Waals surface area contributed by atoms with Crippen LogP contribution in [0.1, 0.15) is 20.8 Å². The van der Waals surface area contributed by atoms with Crippen LogP contribution in [-0.2, 0) is 4.74 Å². The van der Waals surface area contributed by atoms with E-state index in [1.54, 1.807) is 0 Å². The Labute approximate surface area is 67.0 Å². The SMILES string of the molecule is CC(C)C1OC(O)C(O)C1C. The second kappa shape index (κ2) is 3.09. The van der Waals surface area contributed by atoms with E-state index in [4.69, 9.17) is 9.84 Å². The van der Waals surface area contributed by atoms with Gasteiger partial charge in [-0.15, -0.1) is 0 Å². The molecule has 0 spiro atoms. The lowest BCUT2D eigenvalue weighted by molar-refractivity contribution is -0.133. The molecule has 1 saturated heterocycles. The molecule has 0 aromatic heterocycles. The third-order valence-electron chi connectivity index (χ3n) is 2.30. The highest BCUT2D eigenvalue weighted by Crippen LogP contribution is 2.29. The molecule has 1 aliphatic heterocycles. The number of hydrogen-bond donors (Lipinski definition) is 2. The summed E-state index contributed by atoms with van der Waals surface area (Å²) in [6.07, 6.45) is -1.72. The molecule has 0 bridgehead atoms. The average Bonchev–Trinajstić information content (AvgIpc) is 2.17. The highest BCUT2D eigenvalue weighted by Gasteiger charge is 2.40. The van der Waals surface area contributed by atoms with Crippen LogP contribution >= 0.6 is 0 Å². The zero-order valence-electron chi connectivity index (χ0n) is 7.19. The molecule has 4 unspecified atom stereocenters. The Bertz CT molecular complexity index is 135. The first kappa shape index (κ1) is 8.97. The maximum absolute atomic E-state index is 9.31. The van der Waals surface area contributed by atoms with Gasteiger partial charge in [0.15, 0.2) is 6.29 Å². The number of ether oxygens (including phenoxy) is 1. The largest absolute Gasteiger partial charge is 0.387 e. The molecule has 3 heteroatoms. The monoisotopic (exact) mass is 160 g/mol. The molecule has 0 aliphatic carbocycles. The Hall–Kier alpha value is -0.120. The van der Waals surface area contributed by atoms with Crippen LogP contribution in [-0.4, -0.2) is 28.7 Å². The fourth-order valence-electron chi connectivity index (χ4n) is 1.58. The zero-order chi connectivity index (χ0) is 8.59. The quantitative estimate of drug-likeness (QED) is 0.582. The van der Waals surface area contributed by atoms with Crippen molar-refractivity contribution in [1.29, 1.82) is 0 Å². The summed E-state index contributed by atoms with van der Waals surface area (Å²) in [5.74, 6) is 0.377. The van der Waals surface area contributed by atoms with Crippen LogP contribution in [0, 0.1) is 11.8 Å². The van der Waals surface area contributed by atoms with E-state index >= 15 is 0 Å². The van der Waals surface area contributed by atoms with Crippen LogP contribution in [0.4, 0.5) is 0 Å². The lowest BCUT2D eigenvalue weighted by atomic mass is 9.93. The molecular formula is C8H16O3. The highest BCUT2D eigenvalue weighted by molar-refractivity contribution is 4.84. The molecule has 1 rings (SSSR count). The van der Waals surface area contributed by atoms with Crippen molar-refractivity contribution in [1.82, 2.24) is 0 Å². The summed E-state index contributed by atoms with van der Waals surface area (Å²) in [6, 6.07) is 0. The summed E-state index contributed by atoms with van der Waals surface area (Å²) >= 11 is 0. The van der Waals surface area contributed by atoms with E-state index in [1.165, 1.54) is 0 Å². The Kier molecular flexibility index (Phi) is 2.52. The van der Waals surface area contributed by atoms with Crippen LogP contribution in [0.25, 0.3) is 0 Å². The number of aliphatic hydroxyl groups is 2. The predicted molar refractivity (Wildman–Crippen MR) is 40.9 cm³/mol. The number of aliphatic hydroxyl groups excluding tert-OH is 2. The Morgan fingerprint density at radius 1 is 1.27 bits per heavy atom. The summed E-state index contributed by atoms with van der Waals surface area (Å²) in [6.45, 7) is 5.93. The summed E-state index contributed by atoms with van der Waals surface area (Å²) < 4.78 is 5.15. The lowest BCUT2D eigenvalue weighted by Crippen LogP contribution is -2.26. The van der Waals surface area contributed by atoms with Crippen LogP contribution < -0.4 is 0 Å². The third-order valence-corrected chi connectivity index (χ3v) is 2.30. The Balaban J connectivity index is 2.59. The summed E-state index contributed by atoms with van der Waals surface area (Å²) in [4.78, 5) is 0. The maximum atomic E-state index is 9.31. The fraction of sp³-hybridized carbons (Fsp3) is 1.00. The first-order valence-corrected chi connectivity index (χ1v) is 4.05. The van der Waals surface area contributed by atoms with Crippen molar-refractivity contribution in [2.24, 2.45) is 11.8 Å². The molecule has 1 aliphatic rings. The highest BCUT2D eigenvalue weighted by atomic mass is 16.6. The second-order valence-corrected chi connectivity index (χ2v) is 3.58. The standard InChI is InChI=1S/C8H16O3/c1-4(2)7-5(3)6(9)8(10)11-7/h4-10H,1-3H3. The van der Waals surface area contributed by atoms with E-state index in [0.717, 1.165) is 0 Å². The van der Waals surface area contributed by atoms with Gasteiger partial charge in [-0.3, -0.25) is 0 Å². The minimum Gasteiger partial charge on any atom is -0.387 e. The first-order chi connectivity index (χ1) is 5.04. The van der Waals surface area contributed by atoms with Crippen molar-refractivity contribution in [3.63, 3.8) is 0 Å². The van der Waals surface area contributed by atoms with Crippen LogP contribution in [0.2, 0.25) is 0 Å². The van der Waals surface area contributed by atoms with E-state index < -0.39 is 12.4 Å². The van der Waals surface area contributed by atoms with Crippen LogP contribution in [0.5, 0.6) is 0 Å². The van der Waals surface area contributed by atoms with E-state index in [0.29, 0.717) is 5.92 Å². The molecule has 66 valence electrons. The van der Waals surface area contributed by atoms with Crippen molar-refractivity contribution >= 4 is 0 Å². The zero-order valence-corrected chi connectivity index (χ0v) is 7.19. The van der Waals surface area contributed by atoms with Crippen molar-refractivity contribution in [2.75, 3.05) is 0 Å². The summed E-state index contributed by atoms with van der Waals surface area (Å²) in [7, 11) is 0. The van der Waals surface area contributed by atoms with Gasteiger partial charge in [0.1, 0.15) is 6.10 Å². The molecule has 1 heterocycles. The van der Waals surface area contributed by atoms with Gasteiger partial charge in [0.2, 0.25) is 0 Å². The van der Waals surface area contributed by atoms with Crippen molar-refractivity contribution in [2.45, 2.75) is 39.3 Å². The van der Waals surface area contributed by atoms with Gasteiger partial charge in [0, 0.05) is 5.92 Å². The molecular weight excluding hydrogens is 144 g/mol. The second-order valence-electron chi connectivity index (χ2n) is 3.58. The Morgan fingerprint density at radius 2 is 1.82 bits per heavy atom. The summed E-state index contributed by atoms with van der Waals surface area (Å²) in [5, 5.41) is 18.4. The molecule has 1 fully saturated rings. The van der Waals surface area contributed by atoms with Gasteiger partial charge < -0.3 is 14.9 Å². The normalized spacial score (nSPS) is 45.3. The van der Waals surface area contributed by atoms with Gasteiger partial charge in [0.05, 0.1) is 6.10 Å². The number of hydrogen-bond acceptors (Lipinski definition) is 3. The molecule has 2 N–H and O–H groups in total. The maximum Gasteiger partial charge on any atom is 0.181 e. The molecule has 4 atom stereocenters. The predicted octanol–water partition coefficient (Wildman–Crippen LogP) is 0.357. The van der Waals surface area contributed by atoms with Crippen LogP contribution in [0.3, 0.4) is 0 Å². The molecule has 11 heavy (non-hydrogen) atoms. The van der Waals surface area contributed by atoms with E-state index in [2.05, 4.69) is 0 Å². The average molecular weight is 160 g/mol. The molecule has 0 aromatic carbocycles. The molecule has 0 aromatic rings. The lowest BCUT2D eigenvalue weighted by Gasteiger charge is -2.18. The third kappa shape index (κ3) is 1.55. The summed E-state index contributed by atoms with van der Waals surface area (Å²) in [5.41, 5.74) is 0. The van der Waals surface area contributed by atoms with Gasteiger partial charge in [-0.05, 0) is 5.92 Å². The van der Waals surface area contributed by atoms with Crippen molar-refractivity contribution < 1.29 is 14.9 Å². The Morgan fingerprint density at radius 3 is 2.00 bits per heavy atom. The molecule has 0 saturated carbocycles. The van der Waals surface area contributed by atoms with E-state index in [9.17, 15) is 5.11 Å². The minimum atomic E-state index is -0.989. The molecule has 0 radical (unpaired) electrons. The van der Waals surface area contributed by atoms with Crippen molar-refractivity contribution in [3.05, 3.63) is 0 Å². The minimum absolute atomic E-state index is 0.0139. The molecule has 3 nitrogen and oxygen atoms in total. The topological polar surface area (TPSA) is 49.7 Å². The molecule has 0 amide bonds. The smallest absolute Gasteiger partial charge is 0.181 e. The van der Waals surface area contributed by atoms with Gasteiger partial charge in [0.25, 0.3) is 0 Å². The van der Waals surface area contributed by atoms with E-state index in [1.807, 2.05) is 20.8 Å². The van der Waals surface area contributed by atoms with Gasteiger partial charge in [-0.2, -0.15) is 0 Å². The van der Waals surface area contributed by atoms with Crippen LogP contribution in [0.15, 0.2) is 0 Å². The van der Waals surface area contributed by atoms with Gasteiger partial charge in [-0.1, -0.05) is 20.8 Å². The van der Waals surface area contributed by atoms with E-state index in [-0.39, 0.29) is 12.0 Å². The first-order valence-electron chi connectivity index (χ1n) is 4.05. The van der Waals surface area contributed by atoms with Crippen molar-refractivity contribution in [3.8, 4) is 0 Å². The van der Waals surface area contributed by atoms with Gasteiger partial charge >= 0.3 is 0 Å².